The van der Waals surface area contributed by atoms with Crippen molar-refractivity contribution in [2.45, 2.75) is 50.4 Å². The molecule has 1 fully saturated rings. The van der Waals surface area contributed by atoms with E-state index in [4.69, 9.17) is 4.74 Å². The second kappa shape index (κ2) is 6.51. The molecule has 106 valence electrons. The van der Waals surface area contributed by atoms with Crippen molar-refractivity contribution in [2.24, 2.45) is 0 Å². The van der Waals surface area contributed by atoms with Crippen molar-refractivity contribution in [3.63, 3.8) is 0 Å². The van der Waals surface area contributed by atoms with Gasteiger partial charge in [-0.1, -0.05) is 30.3 Å². The molecule has 0 aromatic heterocycles. The lowest BCUT2D eigenvalue weighted by Crippen LogP contribution is -2.36. The first-order valence-corrected chi connectivity index (χ1v) is 7.18. The Morgan fingerprint density at radius 3 is 2.42 bits per heavy atom. The van der Waals surface area contributed by atoms with Gasteiger partial charge in [-0.05, 0) is 45.2 Å². The monoisotopic (exact) mass is 263 g/mol. The summed E-state index contributed by atoms with van der Waals surface area (Å²) in [5, 5.41) is 13.8. The summed E-state index contributed by atoms with van der Waals surface area (Å²) in [5.41, 5.74) is 0.0140. The van der Waals surface area contributed by atoms with Crippen molar-refractivity contribution in [3.05, 3.63) is 35.9 Å². The van der Waals surface area contributed by atoms with Crippen LogP contribution in [0.4, 0.5) is 0 Å². The molecule has 0 amide bonds. The number of hydrogen-bond acceptors (Lipinski definition) is 3. The van der Waals surface area contributed by atoms with E-state index in [2.05, 4.69) is 5.32 Å². The molecule has 1 unspecified atom stereocenters. The minimum atomic E-state index is -0.902. The van der Waals surface area contributed by atoms with Gasteiger partial charge in [-0.2, -0.15) is 0 Å². The first kappa shape index (κ1) is 14.5. The molecule has 3 nitrogen and oxygen atoms in total. The van der Waals surface area contributed by atoms with Crippen molar-refractivity contribution < 1.29 is 9.84 Å². The molecule has 2 rings (SSSR count). The van der Waals surface area contributed by atoms with Crippen LogP contribution in [0.15, 0.2) is 30.3 Å². The van der Waals surface area contributed by atoms with Gasteiger partial charge in [0, 0.05) is 6.04 Å². The summed E-state index contributed by atoms with van der Waals surface area (Å²) in [6.45, 7) is 2.19. The normalized spacial score (nSPS) is 26.9. The zero-order chi connectivity index (χ0) is 13.7. The van der Waals surface area contributed by atoms with E-state index in [1.165, 1.54) is 0 Å². The molecule has 19 heavy (non-hydrogen) atoms. The van der Waals surface area contributed by atoms with Crippen molar-refractivity contribution in [2.75, 3.05) is 13.7 Å². The maximum atomic E-state index is 10.5. The third-order valence-corrected chi connectivity index (χ3v) is 4.08. The Balaban J connectivity index is 1.82. The third-order valence-electron chi connectivity index (χ3n) is 4.08. The zero-order valence-corrected chi connectivity index (χ0v) is 11.9. The van der Waals surface area contributed by atoms with Crippen molar-refractivity contribution in [3.8, 4) is 0 Å². The Bertz CT molecular complexity index is 370. The van der Waals surface area contributed by atoms with Crippen LogP contribution in [0, 0.1) is 0 Å². The highest BCUT2D eigenvalue weighted by atomic mass is 16.5. The number of nitrogens with one attached hydrogen (secondary N) is 1. The Labute approximate surface area is 116 Å². The summed E-state index contributed by atoms with van der Waals surface area (Å²) < 4.78 is 5.92. The lowest BCUT2D eigenvalue weighted by Gasteiger charge is -2.31. The van der Waals surface area contributed by atoms with Crippen molar-refractivity contribution >= 4 is 0 Å². The summed E-state index contributed by atoms with van der Waals surface area (Å²) in [6.07, 6.45) is 4.77. The highest BCUT2D eigenvalue weighted by Crippen LogP contribution is 2.25. The molecule has 0 saturated heterocycles. The molecule has 3 heteroatoms. The standard InChI is InChI=1S/C16H25NO2/c1-16(18,13-6-4-3-5-7-13)12-19-15-10-8-14(17-2)9-11-15/h3-7,14-15,17-18H,8-12H2,1-2H3. The molecule has 1 aromatic carbocycles. The predicted molar refractivity (Wildman–Crippen MR) is 77.1 cm³/mol. The van der Waals surface area contributed by atoms with Crippen LogP contribution in [0.3, 0.4) is 0 Å². The molecule has 0 spiro atoms. The molecule has 0 heterocycles. The summed E-state index contributed by atoms with van der Waals surface area (Å²) in [7, 11) is 2.02. The second-order valence-electron chi connectivity index (χ2n) is 5.71. The second-order valence-corrected chi connectivity index (χ2v) is 5.71. The van der Waals surface area contributed by atoms with E-state index in [9.17, 15) is 5.11 Å². The lowest BCUT2D eigenvalue weighted by atomic mass is 9.92. The van der Waals surface area contributed by atoms with E-state index in [0.29, 0.717) is 18.8 Å². The molecule has 0 bridgehead atoms. The smallest absolute Gasteiger partial charge is 0.110 e. The number of aliphatic hydroxyl groups is 1. The molecular weight excluding hydrogens is 238 g/mol. The van der Waals surface area contributed by atoms with Crippen molar-refractivity contribution in [1.29, 1.82) is 0 Å². The Morgan fingerprint density at radius 2 is 1.84 bits per heavy atom. The minimum absolute atomic E-state index is 0.291. The fourth-order valence-corrected chi connectivity index (χ4v) is 2.68. The molecule has 0 radical (unpaired) electrons. The van der Waals surface area contributed by atoms with Gasteiger partial charge in [0.05, 0.1) is 12.7 Å². The molecular formula is C16H25NO2. The molecule has 1 aliphatic carbocycles. The minimum Gasteiger partial charge on any atom is -0.383 e. The highest BCUT2D eigenvalue weighted by molar-refractivity contribution is 5.21. The predicted octanol–water partition coefficient (Wildman–Crippen LogP) is 2.44. The Hall–Kier alpha value is -0.900. The average molecular weight is 263 g/mol. The zero-order valence-electron chi connectivity index (χ0n) is 11.9. The molecule has 2 N–H and O–H groups in total. The molecule has 1 aliphatic rings. The van der Waals surface area contributed by atoms with E-state index in [-0.39, 0.29) is 0 Å². The van der Waals surface area contributed by atoms with Gasteiger partial charge < -0.3 is 15.2 Å². The van der Waals surface area contributed by atoms with Crippen LogP contribution in [-0.2, 0) is 10.3 Å². The Morgan fingerprint density at radius 1 is 1.21 bits per heavy atom. The quantitative estimate of drug-likeness (QED) is 0.857. The van der Waals surface area contributed by atoms with E-state index in [1.807, 2.05) is 44.3 Å². The van der Waals surface area contributed by atoms with Crippen molar-refractivity contribution in [1.82, 2.24) is 5.32 Å². The number of ether oxygens (including phenoxy) is 1. The van der Waals surface area contributed by atoms with Crippen LogP contribution in [0.2, 0.25) is 0 Å². The van der Waals surface area contributed by atoms with E-state index in [0.717, 1.165) is 31.2 Å². The maximum absolute atomic E-state index is 10.5. The van der Waals surface area contributed by atoms with E-state index < -0.39 is 5.60 Å². The van der Waals surface area contributed by atoms with Crippen LogP contribution < -0.4 is 5.32 Å². The lowest BCUT2D eigenvalue weighted by molar-refractivity contribution is -0.0768. The summed E-state index contributed by atoms with van der Waals surface area (Å²) in [5.74, 6) is 0. The van der Waals surface area contributed by atoms with Gasteiger partial charge in [-0.3, -0.25) is 0 Å². The summed E-state index contributed by atoms with van der Waals surface area (Å²) in [4.78, 5) is 0. The highest BCUT2D eigenvalue weighted by Gasteiger charge is 2.27. The van der Waals surface area contributed by atoms with Gasteiger partial charge in [0.1, 0.15) is 5.60 Å². The van der Waals surface area contributed by atoms with Crippen LogP contribution in [0.25, 0.3) is 0 Å². The molecule has 1 aromatic rings. The SMILES string of the molecule is CNC1CCC(OCC(C)(O)c2ccccc2)CC1. The topological polar surface area (TPSA) is 41.5 Å². The van der Waals surface area contributed by atoms with Crippen LogP contribution >= 0.6 is 0 Å². The number of rotatable bonds is 5. The van der Waals surface area contributed by atoms with E-state index in [1.54, 1.807) is 0 Å². The summed E-state index contributed by atoms with van der Waals surface area (Å²) >= 11 is 0. The van der Waals surface area contributed by atoms with Gasteiger partial charge in [0.2, 0.25) is 0 Å². The van der Waals surface area contributed by atoms with Gasteiger partial charge >= 0.3 is 0 Å². The molecule has 1 atom stereocenters. The molecule has 0 aliphatic heterocycles. The fraction of sp³-hybridized carbons (Fsp3) is 0.625. The Kier molecular flexibility index (Phi) is 4.97. The van der Waals surface area contributed by atoms with Crippen LogP contribution in [0.1, 0.15) is 38.2 Å². The third kappa shape index (κ3) is 4.03. The summed E-state index contributed by atoms with van der Waals surface area (Å²) in [6, 6.07) is 10.4. The van der Waals surface area contributed by atoms with Gasteiger partial charge in [0.15, 0.2) is 0 Å². The maximum Gasteiger partial charge on any atom is 0.110 e. The van der Waals surface area contributed by atoms with Crippen LogP contribution in [0.5, 0.6) is 0 Å². The fourth-order valence-electron chi connectivity index (χ4n) is 2.68. The van der Waals surface area contributed by atoms with Gasteiger partial charge in [-0.25, -0.2) is 0 Å². The first-order chi connectivity index (χ1) is 9.12. The van der Waals surface area contributed by atoms with Gasteiger partial charge in [-0.15, -0.1) is 0 Å². The molecule has 1 saturated carbocycles. The first-order valence-electron chi connectivity index (χ1n) is 7.18. The number of hydrogen-bond donors (Lipinski definition) is 2. The average Bonchev–Trinajstić information content (AvgIpc) is 2.47. The van der Waals surface area contributed by atoms with Gasteiger partial charge in [0.25, 0.3) is 0 Å². The largest absolute Gasteiger partial charge is 0.383 e. The number of benzene rings is 1. The van der Waals surface area contributed by atoms with E-state index >= 15 is 0 Å². The van der Waals surface area contributed by atoms with Crippen LogP contribution in [-0.4, -0.2) is 30.9 Å².